The molecular formula is C15H26ClNO2S2. The molecule has 0 bridgehead atoms. The Morgan fingerprint density at radius 1 is 1.05 bits per heavy atom. The molecule has 0 radical (unpaired) electrons. The average Bonchev–Trinajstić information content (AvgIpc) is 2.34. The monoisotopic (exact) mass is 351 g/mol. The predicted octanol–water partition coefficient (Wildman–Crippen LogP) is 3.96. The molecule has 0 atom stereocenters. The van der Waals surface area contributed by atoms with Crippen LogP contribution in [-0.2, 0) is 8.87 Å². The molecular weight excluding hydrogens is 326 g/mol. The van der Waals surface area contributed by atoms with Gasteiger partial charge < -0.3 is 0 Å². The van der Waals surface area contributed by atoms with Crippen molar-refractivity contribution >= 4 is 32.1 Å². The molecule has 1 rings (SSSR count). The van der Waals surface area contributed by atoms with Gasteiger partial charge in [0.2, 0.25) is 8.87 Å². The summed E-state index contributed by atoms with van der Waals surface area (Å²) in [6.07, 6.45) is 0. The van der Waals surface area contributed by atoms with Gasteiger partial charge in [0, 0.05) is 24.4 Å². The fraction of sp³-hybridized carbons (Fsp3) is 0.600. The maximum atomic E-state index is 12.2. The van der Waals surface area contributed by atoms with E-state index in [0.717, 1.165) is 22.9 Å². The lowest BCUT2D eigenvalue weighted by molar-refractivity contribution is 0.187. The first-order valence-electron chi connectivity index (χ1n) is 6.96. The molecule has 0 saturated carbocycles. The van der Waals surface area contributed by atoms with Crippen molar-refractivity contribution in [2.75, 3.05) is 12.3 Å². The Morgan fingerprint density at radius 3 is 1.95 bits per heavy atom. The zero-order chi connectivity index (χ0) is 15.3. The molecule has 0 N–H and O–H groups in total. The molecule has 0 spiro atoms. The van der Waals surface area contributed by atoms with Gasteiger partial charge >= 0.3 is 0 Å². The second-order valence-corrected chi connectivity index (χ2v) is 9.56. The van der Waals surface area contributed by atoms with Gasteiger partial charge in [-0.15, -0.1) is 12.4 Å². The lowest BCUT2D eigenvalue weighted by Crippen LogP contribution is -2.38. The van der Waals surface area contributed by atoms with E-state index in [1.54, 1.807) is 12.1 Å². The Morgan fingerprint density at radius 2 is 1.52 bits per heavy atom. The molecule has 1 aromatic rings. The van der Waals surface area contributed by atoms with E-state index in [4.69, 9.17) is 0 Å². The first-order chi connectivity index (χ1) is 9.24. The Bertz CT molecular complexity index is 505. The molecule has 1 aromatic carbocycles. The molecule has 0 aromatic heterocycles. The minimum atomic E-state index is -3.23. The molecule has 21 heavy (non-hydrogen) atoms. The zero-order valence-electron chi connectivity index (χ0n) is 13.4. The van der Waals surface area contributed by atoms with Crippen LogP contribution in [0.4, 0.5) is 0 Å². The Balaban J connectivity index is 0.00000400. The highest BCUT2D eigenvalue weighted by molar-refractivity contribution is 8.72. The van der Waals surface area contributed by atoms with E-state index in [2.05, 4.69) is 32.6 Å². The van der Waals surface area contributed by atoms with Crippen LogP contribution in [0.5, 0.6) is 0 Å². The second kappa shape index (κ2) is 9.03. The van der Waals surface area contributed by atoms with Crippen LogP contribution in [-0.4, -0.2) is 37.7 Å². The summed E-state index contributed by atoms with van der Waals surface area (Å²) in [4.78, 5) is 2.70. The average molecular weight is 352 g/mol. The van der Waals surface area contributed by atoms with Crippen molar-refractivity contribution in [2.45, 2.75) is 51.6 Å². The van der Waals surface area contributed by atoms with Crippen molar-refractivity contribution in [1.82, 2.24) is 4.90 Å². The van der Waals surface area contributed by atoms with Gasteiger partial charge in [-0.05, 0) is 57.5 Å². The third-order valence-corrected chi connectivity index (χ3v) is 6.74. The summed E-state index contributed by atoms with van der Waals surface area (Å²) >= 11 is 0. The third-order valence-electron chi connectivity index (χ3n) is 3.22. The molecule has 0 heterocycles. The van der Waals surface area contributed by atoms with Gasteiger partial charge in [-0.3, -0.25) is 4.90 Å². The van der Waals surface area contributed by atoms with Crippen LogP contribution in [0.15, 0.2) is 29.2 Å². The lowest BCUT2D eigenvalue weighted by Gasteiger charge is -2.30. The van der Waals surface area contributed by atoms with E-state index in [1.807, 2.05) is 19.1 Å². The molecule has 6 heteroatoms. The van der Waals surface area contributed by atoms with E-state index in [1.165, 1.54) is 0 Å². The summed E-state index contributed by atoms with van der Waals surface area (Å²) in [6.45, 7) is 11.3. The largest absolute Gasteiger partial charge is 0.298 e. The summed E-state index contributed by atoms with van der Waals surface area (Å²) in [5.74, 6) is 0.590. The molecule has 3 nitrogen and oxygen atoms in total. The van der Waals surface area contributed by atoms with Gasteiger partial charge in [0.1, 0.15) is 0 Å². The Kier molecular flexibility index (Phi) is 8.93. The fourth-order valence-electron chi connectivity index (χ4n) is 2.14. The molecule has 0 unspecified atom stereocenters. The summed E-state index contributed by atoms with van der Waals surface area (Å²) in [5.41, 5.74) is 1.07. The molecule has 0 aliphatic heterocycles. The number of rotatable bonds is 7. The molecule has 0 fully saturated rings. The summed E-state index contributed by atoms with van der Waals surface area (Å²) in [5, 5.41) is 0. The number of hydrogen-bond donors (Lipinski definition) is 0. The SMILES string of the molecule is Cc1ccc(S(=O)(=O)SCCN(C(C)C)C(C)C)cc1.Cl. The highest BCUT2D eigenvalue weighted by atomic mass is 35.5. The van der Waals surface area contributed by atoms with Crippen LogP contribution in [0.2, 0.25) is 0 Å². The summed E-state index contributed by atoms with van der Waals surface area (Å²) < 4.78 is 24.4. The van der Waals surface area contributed by atoms with Crippen molar-refractivity contribution in [2.24, 2.45) is 0 Å². The van der Waals surface area contributed by atoms with Gasteiger partial charge in [0.25, 0.3) is 0 Å². The van der Waals surface area contributed by atoms with Crippen molar-refractivity contribution in [3.63, 3.8) is 0 Å². The molecule has 122 valence electrons. The van der Waals surface area contributed by atoms with Crippen LogP contribution in [0.3, 0.4) is 0 Å². The Labute approximate surface area is 139 Å². The van der Waals surface area contributed by atoms with Gasteiger partial charge in [0.05, 0.1) is 4.90 Å². The van der Waals surface area contributed by atoms with E-state index < -0.39 is 8.87 Å². The minimum absolute atomic E-state index is 0. The van der Waals surface area contributed by atoms with E-state index in [0.29, 0.717) is 22.7 Å². The minimum Gasteiger partial charge on any atom is -0.298 e. The third kappa shape index (κ3) is 6.59. The highest BCUT2D eigenvalue weighted by Crippen LogP contribution is 2.24. The van der Waals surface area contributed by atoms with Crippen LogP contribution in [0, 0.1) is 6.92 Å². The van der Waals surface area contributed by atoms with E-state index in [9.17, 15) is 8.42 Å². The highest BCUT2D eigenvalue weighted by Gasteiger charge is 2.18. The molecule has 0 amide bonds. The van der Waals surface area contributed by atoms with E-state index in [-0.39, 0.29) is 12.4 Å². The van der Waals surface area contributed by atoms with E-state index >= 15 is 0 Å². The van der Waals surface area contributed by atoms with Crippen molar-refractivity contribution in [1.29, 1.82) is 0 Å². The van der Waals surface area contributed by atoms with Crippen molar-refractivity contribution in [3.8, 4) is 0 Å². The summed E-state index contributed by atoms with van der Waals surface area (Å²) in [6, 6.07) is 7.89. The smallest absolute Gasteiger partial charge is 0.230 e. The molecule has 0 aliphatic rings. The standard InChI is InChI=1S/C15H25NO2S2.ClH/c1-12(2)16(13(3)4)10-11-19-20(17,18)15-8-6-14(5)7-9-15;/h6-9,12-13H,10-11H2,1-5H3;1H. The van der Waals surface area contributed by atoms with Crippen LogP contribution >= 0.6 is 23.2 Å². The van der Waals surface area contributed by atoms with Crippen LogP contribution < -0.4 is 0 Å². The number of aryl methyl sites for hydroxylation is 1. The first-order valence-corrected chi connectivity index (χ1v) is 9.94. The van der Waals surface area contributed by atoms with Gasteiger partial charge in [-0.2, -0.15) is 0 Å². The molecule has 0 saturated heterocycles. The molecule has 0 aliphatic carbocycles. The first kappa shape index (κ1) is 20.8. The van der Waals surface area contributed by atoms with Gasteiger partial charge in [-0.1, -0.05) is 17.7 Å². The van der Waals surface area contributed by atoms with Crippen molar-refractivity contribution in [3.05, 3.63) is 29.8 Å². The maximum Gasteiger partial charge on any atom is 0.230 e. The predicted molar refractivity (Wildman–Crippen MR) is 95.0 cm³/mol. The quantitative estimate of drug-likeness (QED) is 0.697. The second-order valence-electron chi connectivity index (χ2n) is 5.51. The Hall–Kier alpha value is -0.230. The van der Waals surface area contributed by atoms with Crippen molar-refractivity contribution < 1.29 is 8.42 Å². The van der Waals surface area contributed by atoms with Crippen LogP contribution in [0.25, 0.3) is 0 Å². The zero-order valence-corrected chi connectivity index (χ0v) is 15.8. The maximum absolute atomic E-state index is 12.2. The summed E-state index contributed by atoms with van der Waals surface area (Å²) in [7, 11) is -2.20. The van der Waals surface area contributed by atoms with Gasteiger partial charge in [-0.25, -0.2) is 8.42 Å². The van der Waals surface area contributed by atoms with Crippen LogP contribution in [0.1, 0.15) is 33.3 Å². The van der Waals surface area contributed by atoms with Gasteiger partial charge in [0.15, 0.2) is 0 Å². The number of hydrogen-bond acceptors (Lipinski definition) is 4. The fourth-order valence-corrected chi connectivity index (χ4v) is 4.87. The lowest BCUT2D eigenvalue weighted by atomic mass is 10.2. The number of benzene rings is 1. The topological polar surface area (TPSA) is 37.4 Å². The number of halogens is 1. The number of nitrogens with zero attached hydrogens (tertiary/aromatic N) is 1. The normalized spacial score (nSPS) is 12.0.